The lowest BCUT2D eigenvalue weighted by molar-refractivity contribution is 0.0953. The van der Waals surface area contributed by atoms with E-state index in [1.54, 1.807) is 24.3 Å². The van der Waals surface area contributed by atoms with Crippen molar-refractivity contribution < 1.29 is 9.59 Å². The molecule has 3 amide bonds. The number of carbonyl (C=O) groups excluding carboxylic acids is 2. The SMILES string of the molecule is CCCNC(=O)c1ccc(NC(=O)Nc2ccc(C)cc2C)cc1. The molecule has 0 aliphatic heterocycles. The van der Waals surface area contributed by atoms with Gasteiger partial charge >= 0.3 is 6.03 Å². The minimum Gasteiger partial charge on any atom is -0.352 e. The predicted molar refractivity (Wildman–Crippen MR) is 97.6 cm³/mol. The van der Waals surface area contributed by atoms with Crippen molar-refractivity contribution in [1.82, 2.24) is 5.32 Å². The Labute approximate surface area is 142 Å². The van der Waals surface area contributed by atoms with E-state index in [9.17, 15) is 9.59 Å². The molecule has 126 valence electrons. The summed E-state index contributed by atoms with van der Waals surface area (Å²) in [5.74, 6) is -0.108. The second kappa shape index (κ2) is 8.15. The van der Waals surface area contributed by atoms with Crippen LogP contribution in [0.1, 0.15) is 34.8 Å². The van der Waals surface area contributed by atoms with Crippen LogP contribution in [-0.2, 0) is 0 Å². The van der Waals surface area contributed by atoms with Crippen LogP contribution in [0, 0.1) is 13.8 Å². The van der Waals surface area contributed by atoms with Gasteiger partial charge in [-0.15, -0.1) is 0 Å². The summed E-state index contributed by atoms with van der Waals surface area (Å²) in [6, 6.07) is 12.3. The van der Waals surface area contributed by atoms with Crippen molar-refractivity contribution in [3.05, 3.63) is 59.2 Å². The molecule has 0 unspecified atom stereocenters. The van der Waals surface area contributed by atoms with Crippen molar-refractivity contribution in [3.8, 4) is 0 Å². The minimum absolute atomic E-state index is 0.108. The van der Waals surface area contributed by atoms with E-state index in [-0.39, 0.29) is 11.9 Å². The molecular weight excluding hydrogens is 302 g/mol. The zero-order valence-electron chi connectivity index (χ0n) is 14.3. The van der Waals surface area contributed by atoms with Gasteiger partial charge in [0.1, 0.15) is 0 Å². The molecule has 0 heterocycles. The zero-order chi connectivity index (χ0) is 17.5. The van der Waals surface area contributed by atoms with Gasteiger partial charge in [-0.1, -0.05) is 24.6 Å². The van der Waals surface area contributed by atoms with E-state index in [4.69, 9.17) is 0 Å². The van der Waals surface area contributed by atoms with Crippen LogP contribution in [0.25, 0.3) is 0 Å². The largest absolute Gasteiger partial charge is 0.352 e. The molecule has 0 radical (unpaired) electrons. The quantitative estimate of drug-likeness (QED) is 0.775. The van der Waals surface area contributed by atoms with Crippen LogP contribution >= 0.6 is 0 Å². The zero-order valence-corrected chi connectivity index (χ0v) is 14.3. The van der Waals surface area contributed by atoms with Crippen LogP contribution in [0.3, 0.4) is 0 Å². The van der Waals surface area contributed by atoms with Crippen LogP contribution < -0.4 is 16.0 Å². The average molecular weight is 325 g/mol. The molecule has 0 spiro atoms. The summed E-state index contributed by atoms with van der Waals surface area (Å²) in [5.41, 5.74) is 4.13. The Balaban J connectivity index is 1.95. The lowest BCUT2D eigenvalue weighted by atomic mass is 10.1. The number of carbonyl (C=O) groups is 2. The number of anilines is 2. The van der Waals surface area contributed by atoms with E-state index >= 15 is 0 Å². The summed E-state index contributed by atoms with van der Waals surface area (Å²) in [4.78, 5) is 23.9. The van der Waals surface area contributed by atoms with Crippen LogP contribution in [0.2, 0.25) is 0 Å². The van der Waals surface area contributed by atoms with Crippen molar-refractivity contribution in [2.45, 2.75) is 27.2 Å². The Kier molecular flexibility index (Phi) is 5.95. The average Bonchev–Trinajstić information content (AvgIpc) is 2.56. The Morgan fingerprint density at radius 1 is 0.958 bits per heavy atom. The van der Waals surface area contributed by atoms with Crippen molar-refractivity contribution in [3.63, 3.8) is 0 Å². The van der Waals surface area contributed by atoms with Crippen molar-refractivity contribution in [1.29, 1.82) is 0 Å². The topological polar surface area (TPSA) is 70.2 Å². The molecule has 0 aliphatic carbocycles. The molecular formula is C19H23N3O2. The molecule has 0 fully saturated rings. The molecule has 5 heteroatoms. The van der Waals surface area contributed by atoms with Crippen LogP contribution in [0.5, 0.6) is 0 Å². The van der Waals surface area contributed by atoms with Crippen molar-refractivity contribution in [2.24, 2.45) is 0 Å². The maximum Gasteiger partial charge on any atom is 0.323 e. The number of hydrogen-bond donors (Lipinski definition) is 3. The number of rotatable bonds is 5. The third-order valence-electron chi connectivity index (χ3n) is 3.57. The molecule has 0 bridgehead atoms. The number of urea groups is 1. The highest BCUT2D eigenvalue weighted by Gasteiger charge is 2.07. The number of hydrogen-bond acceptors (Lipinski definition) is 2. The number of aryl methyl sites for hydroxylation is 2. The van der Waals surface area contributed by atoms with Gasteiger partial charge in [0.2, 0.25) is 0 Å². The maximum absolute atomic E-state index is 12.1. The fraction of sp³-hybridized carbons (Fsp3) is 0.263. The molecule has 0 saturated heterocycles. The van der Waals surface area contributed by atoms with Crippen molar-refractivity contribution >= 4 is 23.3 Å². The molecule has 2 aromatic rings. The molecule has 2 aromatic carbocycles. The molecule has 0 aromatic heterocycles. The van der Waals surface area contributed by atoms with E-state index in [2.05, 4.69) is 16.0 Å². The number of benzene rings is 2. The normalized spacial score (nSPS) is 10.1. The summed E-state index contributed by atoms with van der Waals surface area (Å²) in [7, 11) is 0. The molecule has 0 aliphatic rings. The summed E-state index contributed by atoms with van der Waals surface area (Å²) in [6.45, 7) is 6.61. The van der Waals surface area contributed by atoms with Gasteiger partial charge in [0.15, 0.2) is 0 Å². The highest BCUT2D eigenvalue weighted by Crippen LogP contribution is 2.17. The van der Waals surface area contributed by atoms with Crippen molar-refractivity contribution in [2.75, 3.05) is 17.2 Å². The van der Waals surface area contributed by atoms with Gasteiger partial charge in [-0.05, 0) is 56.2 Å². The van der Waals surface area contributed by atoms with Gasteiger partial charge in [-0.25, -0.2) is 4.79 Å². The standard InChI is InChI=1S/C19H23N3O2/c1-4-11-20-18(23)15-6-8-16(9-7-15)21-19(24)22-17-10-5-13(2)12-14(17)3/h5-10,12H,4,11H2,1-3H3,(H,20,23)(H2,21,22,24). The molecule has 5 nitrogen and oxygen atoms in total. The first-order valence-electron chi connectivity index (χ1n) is 8.03. The first-order chi connectivity index (χ1) is 11.5. The Morgan fingerprint density at radius 3 is 2.29 bits per heavy atom. The van der Waals surface area contributed by atoms with Gasteiger partial charge in [-0.3, -0.25) is 4.79 Å². The summed E-state index contributed by atoms with van der Waals surface area (Å²) in [5, 5.41) is 8.40. The number of nitrogens with one attached hydrogen (secondary N) is 3. The van der Waals surface area contributed by atoms with Gasteiger partial charge < -0.3 is 16.0 Å². The van der Waals surface area contributed by atoms with Gasteiger partial charge in [-0.2, -0.15) is 0 Å². The molecule has 0 saturated carbocycles. The predicted octanol–water partition coefficient (Wildman–Crippen LogP) is 4.09. The summed E-state index contributed by atoms with van der Waals surface area (Å²) < 4.78 is 0. The van der Waals surface area contributed by atoms with E-state index < -0.39 is 0 Å². The highest BCUT2D eigenvalue weighted by molar-refractivity contribution is 6.01. The van der Waals surface area contributed by atoms with Gasteiger partial charge in [0, 0.05) is 23.5 Å². The maximum atomic E-state index is 12.1. The summed E-state index contributed by atoms with van der Waals surface area (Å²) in [6.07, 6.45) is 0.893. The Morgan fingerprint density at radius 2 is 1.67 bits per heavy atom. The van der Waals surface area contributed by atoms with E-state index in [1.165, 1.54) is 0 Å². The second-order valence-corrected chi connectivity index (χ2v) is 5.73. The smallest absolute Gasteiger partial charge is 0.323 e. The molecule has 3 N–H and O–H groups in total. The Hall–Kier alpha value is -2.82. The van der Waals surface area contributed by atoms with Crippen LogP contribution in [0.15, 0.2) is 42.5 Å². The third-order valence-corrected chi connectivity index (χ3v) is 3.57. The first-order valence-corrected chi connectivity index (χ1v) is 8.03. The van der Waals surface area contributed by atoms with E-state index in [0.717, 1.165) is 23.2 Å². The van der Waals surface area contributed by atoms with E-state index in [0.29, 0.717) is 17.8 Å². The lowest BCUT2D eigenvalue weighted by Gasteiger charge is -2.11. The van der Waals surface area contributed by atoms with Crippen LogP contribution in [-0.4, -0.2) is 18.5 Å². The first kappa shape index (κ1) is 17.5. The second-order valence-electron chi connectivity index (χ2n) is 5.73. The van der Waals surface area contributed by atoms with Gasteiger partial charge in [0.25, 0.3) is 5.91 Å². The van der Waals surface area contributed by atoms with Crippen LogP contribution in [0.4, 0.5) is 16.2 Å². The highest BCUT2D eigenvalue weighted by atomic mass is 16.2. The third kappa shape index (κ3) is 4.84. The molecule has 2 rings (SSSR count). The number of amides is 3. The lowest BCUT2D eigenvalue weighted by Crippen LogP contribution is -2.24. The Bertz CT molecular complexity index is 724. The van der Waals surface area contributed by atoms with E-state index in [1.807, 2.05) is 39.0 Å². The fourth-order valence-corrected chi connectivity index (χ4v) is 2.28. The minimum atomic E-state index is -0.315. The molecule has 0 atom stereocenters. The summed E-state index contributed by atoms with van der Waals surface area (Å²) >= 11 is 0. The molecule has 24 heavy (non-hydrogen) atoms. The fourth-order valence-electron chi connectivity index (χ4n) is 2.28. The van der Waals surface area contributed by atoms with Gasteiger partial charge in [0.05, 0.1) is 0 Å². The monoisotopic (exact) mass is 325 g/mol.